The summed E-state index contributed by atoms with van der Waals surface area (Å²) in [7, 11) is 0. The molecule has 0 aliphatic carbocycles. The van der Waals surface area contributed by atoms with Crippen molar-refractivity contribution >= 4 is 33.2 Å². The van der Waals surface area contributed by atoms with Gasteiger partial charge in [0.05, 0.1) is 18.7 Å². The van der Waals surface area contributed by atoms with Crippen LogP contribution in [0.1, 0.15) is 18.2 Å². The highest BCUT2D eigenvalue weighted by Gasteiger charge is 2.11. The average molecular weight is 340 g/mol. The van der Waals surface area contributed by atoms with Crippen LogP contribution in [0.15, 0.2) is 28.1 Å². The van der Waals surface area contributed by atoms with E-state index in [9.17, 15) is 4.79 Å². The van der Waals surface area contributed by atoms with Crippen molar-refractivity contribution in [3.05, 3.63) is 39.3 Å². The van der Waals surface area contributed by atoms with Gasteiger partial charge in [-0.3, -0.25) is 4.79 Å². The molecule has 1 heterocycles. The monoisotopic (exact) mass is 339 g/mol. The Morgan fingerprint density at radius 2 is 2.26 bits per heavy atom. The van der Waals surface area contributed by atoms with E-state index in [1.807, 2.05) is 24.4 Å². The van der Waals surface area contributed by atoms with Crippen LogP contribution in [0.4, 0.5) is 0 Å². The summed E-state index contributed by atoms with van der Waals surface area (Å²) in [6, 6.07) is 6.14. The summed E-state index contributed by atoms with van der Waals surface area (Å²) in [6.45, 7) is 4.25. The molecule has 0 saturated carbocycles. The molecule has 0 radical (unpaired) electrons. The van der Waals surface area contributed by atoms with Crippen molar-refractivity contribution in [1.82, 2.24) is 4.98 Å². The van der Waals surface area contributed by atoms with E-state index in [0.717, 1.165) is 20.7 Å². The van der Waals surface area contributed by atoms with E-state index in [-0.39, 0.29) is 12.4 Å². The van der Waals surface area contributed by atoms with Gasteiger partial charge in [-0.25, -0.2) is 4.98 Å². The first-order chi connectivity index (χ1) is 9.10. The van der Waals surface area contributed by atoms with Crippen LogP contribution in [0.2, 0.25) is 0 Å². The van der Waals surface area contributed by atoms with Crippen molar-refractivity contribution < 1.29 is 9.53 Å². The van der Waals surface area contributed by atoms with Gasteiger partial charge in [-0.2, -0.15) is 0 Å². The standard InChI is InChI=1S/C14H14BrNO2S/c1-3-18-13(17)7-10-8-19-14(16-10)11-5-4-9(2)6-12(11)15/h4-6,8H,3,7H2,1-2H3. The number of aromatic nitrogens is 1. The fourth-order valence-electron chi connectivity index (χ4n) is 1.67. The lowest BCUT2D eigenvalue weighted by molar-refractivity contribution is -0.142. The van der Waals surface area contributed by atoms with E-state index >= 15 is 0 Å². The van der Waals surface area contributed by atoms with Gasteiger partial charge in [0.1, 0.15) is 5.01 Å². The van der Waals surface area contributed by atoms with Crippen LogP contribution in [0.5, 0.6) is 0 Å². The Labute approximate surface area is 124 Å². The number of ether oxygens (including phenoxy) is 1. The summed E-state index contributed by atoms with van der Waals surface area (Å²) in [5.74, 6) is -0.234. The van der Waals surface area contributed by atoms with Crippen LogP contribution in [-0.4, -0.2) is 17.6 Å². The Balaban J connectivity index is 2.18. The molecular formula is C14H14BrNO2S. The first kappa shape index (κ1) is 14.2. The Bertz CT molecular complexity index is 595. The minimum atomic E-state index is -0.234. The van der Waals surface area contributed by atoms with E-state index in [4.69, 9.17) is 4.74 Å². The number of esters is 1. The molecular weight excluding hydrogens is 326 g/mol. The molecule has 0 spiro atoms. The number of hydrogen-bond donors (Lipinski definition) is 0. The molecule has 1 aromatic heterocycles. The lowest BCUT2D eigenvalue weighted by atomic mass is 10.2. The predicted molar refractivity (Wildman–Crippen MR) is 80.3 cm³/mol. The van der Waals surface area contributed by atoms with Gasteiger partial charge in [-0.15, -0.1) is 11.3 Å². The summed E-state index contributed by atoms with van der Waals surface area (Å²) in [6.07, 6.45) is 0.230. The van der Waals surface area contributed by atoms with Crippen LogP contribution in [0, 0.1) is 6.92 Å². The fraction of sp³-hybridized carbons (Fsp3) is 0.286. The van der Waals surface area contributed by atoms with E-state index < -0.39 is 0 Å². The largest absolute Gasteiger partial charge is 0.466 e. The second-order valence-electron chi connectivity index (χ2n) is 4.11. The number of carbonyl (C=O) groups excluding carboxylic acids is 1. The fourth-order valence-corrected chi connectivity index (χ4v) is 3.34. The zero-order valence-electron chi connectivity index (χ0n) is 10.8. The molecule has 0 N–H and O–H groups in total. The van der Waals surface area contributed by atoms with Crippen LogP contribution in [0.3, 0.4) is 0 Å². The molecule has 0 unspecified atom stereocenters. The highest BCUT2D eigenvalue weighted by Crippen LogP contribution is 2.31. The van der Waals surface area contributed by atoms with Crippen molar-refractivity contribution in [3.63, 3.8) is 0 Å². The molecule has 0 amide bonds. The van der Waals surface area contributed by atoms with Crippen molar-refractivity contribution in [2.75, 3.05) is 6.61 Å². The van der Waals surface area contributed by atoms with Gasteiger partial charge < -0.3 is 4.74 Å². The molecule has 19 heavy (non-hydrogen) atoms. The zero-order valence-corrected chi connectivity index (χ0v) is 13.2. The second-order valence-corrected chi connectivity index (χ2v) is 5.82. The molecule has 100 valence electrons. The number of hydrogen-bond acceptors (Lipinski definition) is 4. The van der Waals surface area contributed by atoms with E-state index in [1.165, 1.54) is 16.9 Å². The van der Waals surface area contributed by atoms with Crippen molar-refractivity contribution in [2.45, 2.75) is 20.3 Å². The molecule has 0 bridgehead atoms. The topological polar surface area (TPSA) is 39.2 Å². The molecule has 0 saturated heterocycles. The SMILES string of the molecule is CCOC(=O)Cc1csc(-c2ccc(C)cc2Br)n1. The van der Waals surface area contributed by atoms with Gasteiger partial charge in [0.2, 0.25) is 0 Å². The average Bonchev–Trinajstić information content (AvgIpc) is 2.77. The van der Waals surface area contributed by atoms with Crippen LogP contribution >= 0.6 is 27.3 Å². The first-order valence-electron chi connectivity index (χ1n) is 5.96. The number of thiazole rings is 1. The third kappa shape index (κ3) is 3.64. The smallest absolute Gasteiger partial charge is 0.311 e. The summed E-state index contributed by atoms with van der Waals surface area (Å²) in [5.41, 5.74) is 3.00. The molecule has 0 aliphatic heterocycles. The highest BCUT2D eigenvalue weighted by molar-refractivity contribution is 9.10. The maximum atomic E-state index is 11.4. The lowest BCUT2D eigenvalue weighted by Crippen LogP contribution is -2.07. The number of aryl methyl sites for hydroxylation is 1. The molecule has 0 aliphatic rings. The van der Waals surface area contributed by atoms with Crippen molar-refractivity contribution in [2.24, 2.45) is 0 Å². The Kier molecular flexibility index (Phi) is 4.71. The number of halogens is 1. The van der Waals surface area contributed by atoms with Crippen molar-refractivity contribution in [3.8, 4) is 10.6 Å². The Morgan fingerprint density at radius 3 is 2.95 bits per heavy atom. The van der Waals surface area contributed by atoms with Gasteiger partial charge in [0, 0.05) is 15.4 Å². The molecule has 5 heteroatoms. The molecule has 0 atom stereocenters. The molecule has 2 rings (SSSR count). The number of nitrogens with zero attached hydrogens (tertiary/aromatic N) is 1. The number of rotatable bonds is 4. The van der Waals surface area contributed by atoms with Gasteiger partial charge in [0.25, 0.3) is 0 Å². The molecule has 1 aromatic carbocycles. The predicted octanol–water partition coefficient (Wildman–Crippen LogP) is 3.99. The van der Waals surface area contributed by atoms with Crippen LogP contribution in [0.25, 0.3) is 10.6 Å². The Hall–Kier alpha value is -1.20. The Morgan fingerprint density at radius 1 is 1.47 bits per heavy atom. The summed E-state index contributed by atoms with van der Waals surface area (Å²) < 4.78 is 5.93. The normalized spacial score (nSPS) is 10.5. The van der Waals surface area contributed by atoms with E-state index in [0.29, 0.717) is 6.61 Å². The summed E-state index contributed by atoms with van der Waals surface area (Å²) in [4.78, 5) is 15.9. The summed E-state index contributed by atoms with van der Waals surface area (Å²) >= 11 is 5.08. The third-order valence-electron chi connectivity index (χ3n) is 2.54. The van der Waals surface area contributed by atoms with E-state index in [2.05, 4.69) is 27.0 Å². The van der Waals surface area contributed by atoms with Crippen molar-refractivity contribution in [1.29, 1.82) is 0 Å². The zero-order chi connectivity index (χ0) is 13.8. The minimum absolute atomic E-state index is 0.230. The van der Waals surface area contributed by atoms with Gasteiger partial charge >= 0.3 is 5.97 Å². The second kappa shape index (κ2) is 6.30. The van der Waals surface area contributed by atoms with Gasteiger partial charge in [0.15, 0.2) is 0 Å². The molecule has 0 fully saturated rings. The first-order valence-corrected chi connectivity index (χ1v) is 7.64. The van der Waals surface area contributed by atoms with Crippen LogP contribution in [-0.2, 0) is 16.0 Å². The van der Waals surface area contributed by atoms with E-state index in [1.54, 1.807) is 6.92 Å². The highest BCUT2D eigenvalue weighted by atomic mass is 79.9. The maximum absolute atomic E-state index is 11.4. The molecule has 3 nitrogen and oxygen atoms in total. The lowest BCUT2D eigenvalue weighted by Gasteiger charge is -2.02. The van der Waals surface area contributed by atoms with Gasteiger partial charge in [-0.05, 0) is 25.5 Å². The quantitative estimate of drug-likeness (QED) is 0.790. The third-order valence-corrected chi connectivity index (χ3v) is 4.12. The van der Waals surface area contributed by atoms with Gasteiger partial charge in [-0.1, -0.05) is 28.1 Å². The molecule has 2 aromatic rings. The maximum Gasteiger partial charge on any atom is 0.311 e. The van der Waals surface area contributed by atoms with Crippen LogP contribution < -0.4 is 0 Å². The number of carbonyl (C=O) groups is 1. The number of benzene rings is 1. The summed E-state index contributed by atoms with van der Waals surface area (Å²) in [5, 5.41) is 2.81. The minimum Gasteiger partial charge on any atom is -0.466 e.